The average Bonchev–Trinajstić information content (AvgIpc) is 2.89. The molecule has 9 heteroatoms. The molecule has 0 spiro atoms. The first-order chi connectivity index (χ1) is 17.9. The quantitative estimate of drug-likeness (QED) is 0.142. The first-order valence-electron chi connectivity index (χ1n) is 11.6. The largest absolute Gasteiger partial charge is 2.00 e. The fourth-order valence-electron chi connectivity index (χ4n) is 4.66. The van der Waals surface area contributed by atoms with Crippen molar-refractivity contribution in [2.45, 2.75) is 38.5 Å². The molecule has 1 aliphatic heterocycles. The Labute approximate surface area is 237 Å². The molecule has 0 unspecified atom stereocenters. The van der Waals surface area contributed by atoms with E-state index in [0.717, 1.165) is 0 Å². The average molecular weight is 706 g/mol. The van der Waals surface area contributed by atoms with Gasteiger partial charge in [-0.15, -0.1) is 17.7 Å². The van der Waals surface area contributed by atoms with Crippen molar-refractivity contribution < 1.29 is 38.6 Å². The van der Waals surface area contributed by atoms with Gasteiger partial charge in [-0.1, -0.05) is 68.7 Å². The smallest absolute Gasteiger partial charge is 0.300 e. The van der Waals surface area contributed by atoms with Gasteiger partial charge in [0.15, 0.2) is 5.69 Å². The Morgan fingerprint density at radius 1 is 0.769 bits per heavy atom. The summed E-state index contributed by atoms with van der Waals surface area (Å²) in [6.07, 6.45) is 0. The number of pyridine rings is 2. The van der Waals surface area contributed by atoms with E-state index in [9.17, 15) is 5.26 Å². The molecular formula is C30H18F4N4Pt. The van der Waals surface area contributed by atoms with Crippen LogP contribution in [-0.2, 0) is 31.9 Å². The number of rotatable bonds is 0. The Hall–Kier alpha value is -3.87. The molecule has 3 heterocycles. The normalized spacial score (nSPS) is 14.3. The van der Waals surface area contributed by atoms with Crippen molar-refractivity contribution in [3.8, 4) is 28.6 Å². The van der Waals surface area contributed by atoms with Gasteiger partial charge in [-0.3, -0.25) is 22.4 Å². The van der Waals surface area contributed by atoms with Crippen LogP contribution in [0.3, 0.4) is 0 Å². The summed E-state index contributed by atoms with van der Waals surface area (Å²) in [5.74, 6) is -4.43. The summed E-state index contributed by atoms with van der Waals surface area (Å²) in [5, 5.41) is 9.61. The zero-order valence-electron chi connectivity index (χ0n) is 21.1. The van der Waals surface area contributed by atoms with Gasteiger partial charge in [0.2, 0.25) is 0 Å². The van der Waals surface area contributed by atoms with E-state index in [-0.39, 0.29) is 66.1 Å². The zero-order valence-corrected chi connectivity index (χ0v) is 23.4. The zero-order chi connectivity index (χ0) is 27.6. The third-order valence-corrected chi connectivity index (χ3v) is 7.00. The first kappa shape index (κ1) is 28.1. The summed E-state index contributed by atoms with van der Waals surface area (Å²) in [6, 6.07) is 16.4. The molecule has 0 amide bonds. The van der Waals surface area contributed by atoms with Gasteiger partial charge in [0.05, 0.1) is 24.3 Å². The predicted molar refractivity (Wildman–Crippen MR) is 132 cm³/mol. The molecule has 39 heavy (non-hydrogen) atoms. The molecule has 0 aliphatic carbocycles. The minimum Gasteiger partial charge on any atom is -0.300 e. The fourth-order valence-corrected chi connectivity index (χ4v) is 4.66. The van der Waals surface area contributed by atoms with E-state index in [4.69, 9.17) is 6.57 Å². The van der Waals surface area contributed by atoms with Crippen LogP contribution in [0.5, 0.6) is 0 Å². The van der Waals surface area contributed by atoms with Crippen molar-refractivity contribution in [1.29, 1.82) is 5.26 Å². The van der Waals surface area contributed by atoms with Crippen molar-refractivity contribution in [2.75, 3.05) is 0 Å². The van der Waals surface area contributed by atoms with E-state index in [1.54, 1.807) is 58.0 Å². The fraction of sp³-hybridized carbons (Fsp3) is 0.200. The first-order valence-corrected chi connectivity index (χ1v) is 11.6. The van der Waals surface area contributed by atoms with Crippen LogP contribution in [-0.4, -0.2) is 9.97 Å². The molecule has 0 radical (unpaired) electrons. The van der Waals surface area contributed by atoms with Gasteiger partial charge in [-0.05, 0) is 23.5 Å². The van der Waals surface area contributed by atoms with Crippen molar-refractivity contribution in [3.63, 3.8) is 0 Å². The Morgan fingerprint density at radius 3 is 1.69 bits per heavy atom. The van der Waals surface area contributed by atoms with E-state index < -0.39 is 45.3 Å². The molecule has 2 aromatic carbocycles. The molecule has 4 nitrogen and oxygen atoms in total. The summed E-state index contributed by atoms with van der Waals surface area (Å²) in [4.78, 5) is 12.1. The topological polar surface area (TPSA) is 53.9 Å². The minimum atomic E-state index is -1.28. The number of hydrogen-bond donors (Lipinski definition) is 0. The standard InChI is InChI=1S/C30H18F4N4.Pt/c1-29(2)18-12-15(24(31)17(14-35)25(18)32)20-8-6-11-23(37-20)30(3,4)19-13-16(21-9-7-10-22(29)38-21)26(33)28(36-5)27(19)34;/h6-11H,1-4H3;/q-2;+2. The summed E-state index contributed by atoms with van der Waals surface area (Å²) in [6.45, 7) is 13.9. The van der Waals surface area contributed by atoms with E-state index in [1.807, 2.05) is 0 Å². The molecule has 196 valence electrons. The summed E-state index contributed by atoms with van der Waals surface area (Å²) in [7, 11) is 0. The molecule has 2 aromatic heterocycles. The molecule has 0 saturated carbocycles. The summed E-state index contributed by atoms with van der Waals surface area (Å²) >= 11 is 0. The second-order valence-electron chi connectivity index (χ2n) is 10.0. The Bertz CT molecular complexity index is 1620. The molecule has 0 N–H and O–H groups in total. The van der Waals surface area contributed by atoms with Crippen molar-refractivity contribution in [1.82, 2.24) is 9.97 Å². The maximum Gasteiger partial charge on any atom is 2.00 e. The van der Waals surface area contributed by atoms with Gasteiger partial charge in [0.25, 0.3) is 0 Å². The third-order valence-electron chi connectivity index (χ3n) is 7.00. The van der Waals surface area contributed by atoms with Gasteiger partial charge in [-0.2, -0.15) is 5.26 Å². The van der Waals surface area contributed by atoms with Crippen molar-refractivity contribution in [3.05, 3.63) is 111 Å². The molecule has 5 rings (SSSR count). The van der Waals surface area contributed by atoms with Crippen LogP contribution >= 0.6 is 0 Å². The van der Waals surface area contributed by atoms with E-state index in [0.29, 0.717) is 0 Å². The second kappa shape index (κ2) is 9.70. The van der Waals surface area contributed by atoms with Crippen molar-refractivity contribution >= 4 is 5.69 Å². The molecule has 0 atom stereocenters. The van der Waals surface area contributed by atoms with Gasteiger partial charge in [0.1, 0.15) is 0 Å². The van der Waals surface area contributed by atoms with Gasteiger partial charge < -0.3 is 9.97 Å². The molecule has 0 saturated heterocycles. The number of fused-ring (bicyclic) bond motifs is 10. The maximum atomic E-state index is 15.6. The maximum absolute atomic E-state index is 15.6. The van der Waals surface area contributed by atoms with Crippen LogP contribution in [0, 0.1) is 53.3 Å². The third kappa shape index (κ3) is 4.15. The van der Waals surface area contributed by atoms with Gasteiger partial charge in [-0.25, -0.2) is 0 Å². The van der Waals surface area contributed by atoms with E-state index in [2.05, 4.69) is 26.9 Å². The number of benzene rings is 2. The van der Waals surface area contributed by atoms with Gasteiger partial charge >= 0.3 is 21.1 Å². The molecular weight excluding hydrogens is 687 g/mol. The Kier molecular flexibility index (Phi) is 7.00. The number of nitrogens with zero attached hydrogens (tertiary/aromatic N) is 4. The van der Waals surface area contributed by atoms with Crippen LogP contribution in [0.15, 0.2) is 36.4 Å². The second-order valence-corrected chi connectivity index (χ2v) is 10.0. The van der Waals surface area contributed by atoms with Gasteiger partial charge in [0, 0.05) is 39.4 Å². The van der Waals surface area contributed by atoms with Crippen LogP contribution in [0.1, 0.15) is 55.8 Å². The molecule has 1 aliphatic rings. The monoisotopic (exact) mass is 705 g/mol. The van der Waals surface area contributed by atoms with Crippen LogP contribution in [0.4, 0.5) is 23.2 Å². The molecule has 4 aromatic rings. The predicted octanol–water partition coefficient (Wildman–Crippen LogP) is 7.35. The Balaban J connectivity index is 0.00000353. The van der Waals surface area contributed by atoms with E-state index in [1.165, 1.54) is 12.1 Å². The minimum absolute atomic E-state index is 0. The summed E-state index contributed by atoms with van der Waals surface area (Å²) in [5.41, 5.74) is -4.33. The van der Waals surface area contributed by atoms with Crippen LogP contribution in [0.25, 0.3) is 27.4 Å². The molecule has 0 fully saturated rings. The SMILES string of the molecule is [C-]#[N+]c1c(F)c2[c-]c(c1F)C(C)(C)c1cccc(n1)-c1[c-]c(c(F)c(C#N)c1F)C(C)(C)c1cccc-2n1.[Pt+2]. The Morgan fingerprint density at radius 2 is 1.23 bits per heavy atom. The molecule has 8 bridgehead atoms. The number of nitriles is 1. The van der Waals surface area contributed by atoms with Crippen LogP contribution in [0.2, 0.25) is 0 Å². The van der Waals surface area contributed by atoms with Crippen molar-refractivity contribution in [2.24, 2.45) is 0 Å². The number of aromatic nitrogens is 2. The van der Waals surface area contributed by atoms with E-state index >= 15 is 17.6 Å². The summed E-state index contributed by atoms with van der Waals surface area (Å²) < 4.78 is 62.1. The number of hydrogen-bond acceptors (Lipinski definition) is 3. The van der Waals surface area contributed by atoms with Crippen LogP contribution < -0.4 is 0 Å². The number of halogens is 4.